The highest BCUT2D eigenvalue weighted by atomic mass is 19.4. The van der Waals surface area contributed by atoms with Gasteiger partial charge in [0.25, 0.3) is 0 Å². The van der Waals surface area contributed by atoms with Crippen LogP contribution in [0.2, 0.25) is 0 Å². The van der Waals surface area contributed by atoms with Gasteiger partial charge >= 0.3 is 12.4 Å². The van der Waals surface area contributed by atoms with E-state index in [-0.39, 0.29) is 0 Å². The van der Waals surface area contributed by atoms with Crippen molar-refractivity contribution >= 4 is 11.5 Å². The van der Waals surface area contributed by atoms with Crippen LogP contribution in [0, 0.1) is 11.3 Å². The normalized spacial score (nSPS) is 18.8. The Balaban J connectivity index is 2.38. The smallest absolute Gasteiger partial charge is 0.304 e. The lowest BCUT2D eigenvalue weighted by atomic mass is 9.87. The fraction of sp³-hybridized carbons (Fsp3) is 0.200. The number of halogens is 6. The SMILES string of the molecule is N=C1C=CC(C(F)(F)F)=CC1C(=O)c1cccc(C(F)(F)F)c1. The van der Waals surface area contributed by atoms with Crippen molar-refractivity contribution in [1.29, 1.82) is 5.41 Å². The third kappa shape index (κ3) is 3.69. The summed E-state index contributed by atoms with van der Waals surface area (Å²) in [5.74, 6) is -2.56. The molecule has 0 aliphatic heterocycles. The van der Waals surface area contributed by atoms with Crippen molar-refractivity contribution in [2.45, 2.75) is 12.4 Å². The van der Waals surface area contributed by atoms with Crippen LogP contribution in [0.1, 0.15) is 15.9 Å². The van der Waals surface area contributed by atoms with E-state index in [0.717, 1.165) is 24.3 Å². The number of carbonyl (C=O) groups is 1. The Morgan fingerprint density at radius 2 is 1.65 bits per heavy atom. The molecule has 1 unspecified atom stereocenters. The van der Waals surface area contributed by atoms with Crippen LogP contribution in [0.4, 0.5) is 26.3 Å². The Kier molecular flexibility index (Phi) is 4.19. The van der Waals surface area contributed by atoms with Crippen molar-refractivity contribution in [3.05, 3.63) is 59.2 Å². The summed E-state index contributed by atoms with van der Waals surface area (Å²) in [6.07, 6.45) is -7.37. The maximum Gasteiger partial charge on any atom is 0.416 e. The van der Waals surface area contributed by atoms with Gasteiger partial charge in [0.2, 0.25) is 0 Å². The molecule has 0 radical (unpaired) electrons. The molecule has 122 valence electrons. The number of alkyl halides is 6. The van der Waals surface area contributed by atoms with Crippen molar-refractivity contribution < 1.29 is 31.1 Å². The van der Waals surface area contributed by atoms with Gasteiger partial charge in [-0.3, -0.25) is 4.79 Å². The van der Waals surface area contributed by atoms with Crippen LogP contribution in [0.3, 0.4) is 0 Å². The molecule has 1 aliphatic rings. The van der Waals surface area contributed by atoms with Gasteiger partial charge in [-0.25, -0.2) is 0 Å². The monoisotopic (exact) mass is 333 g/mol. The molecular weight excluding hydrogens is 324 g/mol. The summed E-state index contributed by atoms with van der Waals surface area (Å²) < 4.78 is 76.0. The summed E-state index contributed by atoms with van der Waals surface area (Å²) in [5, 5.41) is 7.55. The van der Waals surface area contributed by atoms with Crippen LogP contribution in [0.5, 0.6) is 0 Å². The molecule has 0 aromatic heterocycles. The van der Waals surface area contributed by atoms with Crippen molar-refractivity contribution in [2.75, 3.05) is 0 Å². The molecule has 2 nitrogen and oxygen atoms in total. The second-order valence-corrected chi connectivity index (χ2v) is 4.83. The Hall–Kier alpha value is -2.38. The zero-order valence-corrected chi connectivity index (χ0v) is 11.3. The van der Waals surface area contributed by atoms with E-state index in [1.165, 1.54) is 0 Å². The third-order valence-corrected chi connectivity index (χ3v) is 3.21. The van der Waals surface area contributed by atoms with Crippen molar-refractivity contribution in [3.63, 3.8) is 0 Å². The fourth-order valence-electron chi connectivity index (χ4n) is 2.04. The number of rotatable bonds is 2. The van der Waals surface area contributed by atoms with Crippen LogP contribution < -0.4 is 0 Å². The van der Waals surface area contributed by atoms with Gasteiger partial charge in [-0.15, -0.1) is 0 Å². The lowest BCUT2D eigenvalue weighted by Gasteiger charge is -2.19. The molecule has 1 aliphatic carbocycles. The molecule has 1 aromatic carbocycles. The van der Waals surface area contributed by atoms with Crippen LogP contribution in [-0.4, -0.2) is 17.7 Å². The molecule has 0 saturated heterocycles. The molecule has 0 spiro atoms. The minimum Gasteiger partial charge on any atom is -0.304 e. The molecule has 1 atom stereocenters. The topological polar surface area (TPSA) is 40.9 Å². The predicted molar refractivity (Wildman–Crippen MR) is 70.3 cm³/mol. The first-order valence-electron chi connectivity index (χ1n) is 6.27. The van der Waals surface area contributed by atoms with Gasteiger partial charge in [0.05, 0.1) is 17.1 Å². The number of carbonyl (C=O) groups excluding carboxylic acids is 1. The Bertz CT molecular complexity index is 711. The number of benzene rings is 1. The van der Waals surface area contributed by atoms with Gasteiger partial charge in [-0.05, 0) is 24.3 Å². The zero-order valence-electron chi connectivity index (χ0n) is 11.3. The number of hydrogen-bond acceptors (Lipinski definition) is 2. The Morgan fingerprint density at radius 3 is 2.22 bits per heavy atom. The number of Topliss-reactive ketones (excluding diaryl/α,β-unsaturated/α-hetero) is 1. The summed E-state index contributed by atoms with van der Waals surface area (Å²) in [4.78, 5) is 12.2. The maximum atomic E-state index is 12.7. The molecule has 23 heavy (non-hydrogen) atoms. The Labute approximate surface area is 126 Å². The number of nitrogens with one attached hydrogen (secondary N) is 1. The molecule has 1 N–H and O–H groups in total. The van der Waals surface area contributed by atoms with E-state index in [9.17, 15) is 31.1 Å². The molecule has 2 rings (SSSR count). The summed E-state index contributed by atoms with van der Waals surface area (Å²) in [7, 11) is 0. The Morgan fingerprint density at radius 1 is 1.00 bits per heavy atom. The van der Waals surface area contributed by atoms with Gasteiger partial charge in [0, 0.05) is 11.3 Å². The van der Waals surface area contributed by atoms with Gasteiger partial charge in [-0.2, -0.15) is 26.3 Å². The van der Waals surface area contributed by atoms with Crippen molar-refractivity contribution in [2.24, 2.45) is 5.92 Å². The fourth-order valence-corrected chi connectivity index (χ4v) is 2.04. The van der Waals surface area contributed by atoms with E-state index in [0.29, 0.717) is 18.2 Å². The second kappa shape index (κ2) is 5.68. The molecule has 1 aromatic rings. The predicted octanol–water partition coefficient (Wildman–Crippen LogP) is 4.58. The van der Waals surface area contributed by atoms with Crippen molar-refractivity contribution in [3.8, 4) is 0 Å². The molecule has 0 bridgehead atoms. The summed E-state index contributed by atoms with van der Waals surface area (Å²) in [6, 6.07) is 3.38. The summed E-state index contributed by atoms with van der Waals surface area (Å²) in [6.45, 7) is 0. The number of hydrogen-bond donors (Lipinski definition) is 1. The number of allylic oxidation sites excluding steroid dienone is 4. The highest BCUT2D eigenvalue weighted by molar-refractivity contribution is 6.17. The molecule has 8 heteroatoms. The highest BCUT2D eigenvalue weighted by Crippen LogP contribution is 2.33. The zero-order chi connectivity index (χ0) is 17.4. The van der Waals surface area contributed by atoms with Crippen molar-refractivity contribution in [1.82, 2.24) is 0 Å². The average molecular weight is 333 g/mol. The van der Waals surface area contributed by atoms with Crippen LogP contribution in [0.15, 0.2) is 48.1 Å². The first-order valence-corrected chi connectivity index (χ1v) is 6.27. The summed E-state index contributed by atoms with van der Waals surface area (Å²) >= 11 is 0. The summed E-state index contributed by atoms with van der Waals surface area (Å²) in [5.41, 5.74) is -3.01. The second-order valence-electron chi connectivity index (χ2n) is 4.83. The minimum atomic E-state index is -4.70. The quantitative estimate of drug-likeness (QED) is 0.624. The largest absolute Gasteiger partial charge is 0.416 e. The average Bonchev–Trinajstić information content (AvgIpc) is 2.45. The van der Waals surface area contributed by atoms with Gasteiger partial charge in [0.1, 0.15) is 0 Å². The van der Waals surface area contributed by atoms with E-state index < -0.39 is 46.5 Å². The first-order chi connectivity index (χ1) is 10.5. The van der Waals surface area contributed by atoms with Crippen LogP contribution in [-0.2, 0) is 6.18 Å². The lowest BCUT2D eigenvalue weighted by molar-refractivity contribution is -0.137. The molecule has 0 saturated carbocycles. The van der Waals surface area contributed by atoms with Gasteiger partial charge in [-0.1, -0.05) is 18.2 Å². The van der Waals surface area contributed by atoms with Gasteiger partial charge in [0.15, 0.2) is 5.78 Å². The van der Waals surface area contributed by atoms with Crippen LogP contribution in [0.25, 0.3) is 0 Å². The molecule has 0 fully saturated rings. The van der Waals surface area contributed by atoms with E-state index >= 15 is 0 Å². The third-order valence-electron chi connectivity index (χ3n) is 3.21. The van der Waals surface area contributed by atoms with E-state index in [4.69, 9.17) is 5.41 Å². The van der Waals surface area contributed by atoms with E-state index in [1.807, 2.05) is 0 Å². The van der Waals surface area contributed by atoms with Crippen LogP contribution >= 0.6 is 0 Å². The molecular formula is C15H9F6NO. The standard InChI is InChI=1S/C15H9F6NO/c16-14(17,18)9-3-1-2-8(6-9)13(23)11-7-10(15(19,20)21)4-5-12(11)22/h1-7,11,22H. The maximum absolute atomic E-state index is 12.7. The first kappa shape index (κ1) is 17.0. The van der Waals surface area contributed by atoms with E-state index in [1.54, 1.807) is 0 Å². The molecule has 0 heterocycles. The van der Waals surface area contributed by atoms with E-state index in [2.05, 4.69) is 0 Å². The minimum absolute atomic E-state index is 0.400. The highest BCUT2D eigenvalue weighted by Gasteiger charge is 2.37. The van der Waals surface area contributed by atoms with Gasteiger partial charge < -0.3 is 5.41 Å². The number of ketones is 1. The lowest BCUT2D eigenvalue weighted by Crippen LogP contribution is -2.26. The molecule has 0 amide bonds.